The van der Waals surface area contributed by atoms with E-state index in [0.717, 1.165) is 15.8 Å². The van der Waals surface area contributed by atoms with Crippen molar-refractivity contribution in [2.75, 3.05) is 5.32 Å². The van der Waals surface area contributed by atoms with Crippen LogP contribution in [0.1, 0.15) is 16.7 Å². The van der Waals surface area contributed by atoms with Crippen LogP contribution in [0, 0.1) is 19.7 Å². The summed E-state index contributed by atoms with van der Waals surface area (Å²) in [5, 5.41) is 3.26. The summed E-state index contributed by atoms with van der Waals surface area (Å²) in [5.74, 6) is 0.545. The number of rotatable bonds is 3. The maximum atomic E-state index is 13.6. The molecule has 0 unspecified atom stereocenters. The summed E-state index contributed by atoms with van der Waals surface area (Å²) < 4.78 is 16.3. The van der Waals surface area contributed by atoms with Crippen molar-refractivity contribution in [3.8, 4) is 0 Å². The lowest BCUT2D eigenvalue weighted by Crippen LogP contribution is -2.05. The van der Waals surface area contributed by atoms with Gasteiger partial charge in [-0.2, -0.15) is 0 Å². The van der Waals surface area contributed by atoms with E-state index in [1.807, 2.05) is 28.9 Å². The van der Waals surface area contributed by atoms with Crippen molar-refractivity contribution in [3.05, 3.63) is 57.8 Å². The molecule has 0 amide bonds. The van der Waals surface area contributed by atoms with Crippen molar-refractivity contribution in [1.82, 2.24) is 14.4 Å². The van der Waals surface area contributed by atoms with Crippen LogP contribution in [0.3, 0.4) is 0 Å². The third kappa shape index (κ3) is 2.76. The molecule has 3 aromatic rings. The molecule has 0 aliphatic heterocycles. The number of nitrogens with zero attached hydrogens (tertiary/aromatic N) is 3. The number of nitrogens with one attached hydrogen (secondary N) is 1. The number of hydrogen-bond donors (Lipinski definition) is 1. The summed E-state index contributed by atoms with van der Waals surface area (Å²) in [5.41, 5.74) is 3.08. The van der Waals surface area contributed by atoms with Gasteiger partial charge < -0.3 is 9.72 Å². The Morgan fingerprint density at radius 1 is 1.29 bits per heavy atom. The molecule has 108 valence electrons. The van der Waals surface area contributed by atoms with Crippen molar-refractivity contribution in [3.63, 3.8) is 0 Å². The van der Waals surface area contributed by atoms with E-state index in [-0.39, 0.29) is 5.82 Å². The molecule has 2 heterocycles. The van der Waals surface area contributed by atoms with Gasteiger partial charge in [0.1, 0.15) is 10.4 Å². The lowest BCUT2D eigenvalue weighted by atomic mass is 10.1. The molecule has 0 saturated carbocycles. The van der Waals surface area contributed by atoms with Gasteiger partial charge in [0.15, 0.2) is 11.5 Å². The molecule has 4 nitrogen and oxygen atoms in total. The summed E-state index contributed by atoms with van der Waals surface area (Å²) in [7, 11) is 0. The Balaban J connectivity index is 1.88. The molecule has 6 heteroatoms. The highest BCUT2D eigenvalue weighted by Gasteiger charge is 2.08. The summed E-state index contributed by atoms with van der Waals surface area (Å²) in [4.78, 5) is 8.68. The fraction of sp³-hybridized carbons (Fsp3) is 0.200. The highest BCUT2D eigenvalue weighted by molar-refractivity contribution is 9.10. The van der Waals surface area contributed by atoms with Crippen LogP contribution < -0.4 is 5.32 Å². The van der Waals surface area contributed by atoms with Gasteiger partial charge in [-0.1, -0.05) is 12.1 Å². The van der Waals surface area contributed by atoms with Crippen molar-refractivity contribution < 1.29 is 4.39 Å². The second-order valence-corrected chi connectivity index (χ2v) is 5.78. The van der Waals surface area contributed by atoms with Crippen LogP contribution in [0.15, 0.2) is 35.3 Å². The molecule has 0 atom stereocenters. The Morgan fingerprint density at radius 2 is 2.00 bits per heavy atom. The second-order valence-electron chi connectivity index (χ2n) is 4.97. The van der Waals surface area contributed by atoms with Crippen LogP contribution in [0.4, 0.5) is 10.2 Å². The topological polar surface area (TPSA) is 42.2 Å². The molecule has 2 aromatic heterocycles. The third-order valence-corrected chi connectivity index (χ3v) is 3.68. The van der Waals surface area contributed by atoms with Gasteiger partial charge in [0.2, 0.25) is 0 Å². The number of benzene rings is 1. The van der Waals surface area contributed by atoms with E-state index < -0.39 is 0 Å². The first-order valence-corrected chi connectivity index (χ1v) is 7.32. The second kappa shape index (κ2) is 5.44. The van der Waals surface area contributed by atoms with Gasteiger partial charge in [-0.15, -0.1) is 0 Å². The smallest absolute Gasteiger partial charge is 0.180 e. The number of aromatic nitrogens is 3. The fourth-order valence-corrected chi connectivity index (χ4v) is 2.74. The normalized spacial score (nSPS) is 11.0. The van der Waals surface area contributed by atoms with E-state index >= 15 is 0 Å². The van der Waals surface area contributed by atoms with E-state index in [9.17, 15) is 4.39 Å². The maximum absolute atomic E-state index is 13.6. The van der Waals surface area contributed by atoms with E-state index in [2.05, 4.69) is 31.2 Å². The number of hydrogen-bond acceptors (Lipinski definition) is 3. The monoisotopic (exact) mass is 348 g/mol. The van der Waals surface area contributed by atoms with Crippen molar-refractivity contribution >= 4 is 27.4 Å². The molecule has 21 heavy (non-hydrogen) atoms. The molecule has 0 aliphatic carbocycles. The molecule has 0 radical (unpaired) electrons. The molecule has 0 saturated heterocycles. The fourth-order valence-electron chi connectivity index (χ4n) is 2.34. The van der Waals surface area contributed by atoms with Gasteiger partial charge in [0, 0.05) is 25.1 Å². The van der Waals surface area contributed by atoms with Crippen LogP contribution in [-0.2, 0) is 6.54 Å². The minimum atomic E-state index is -0.144. The van der Waals surface area contributed by atoms with E-state index in [4.69, 9.17) is 0 Å². The summed E-state index contributed by atoms with van der Waals surface area (Å²) in [6.07, 6.45) is 5.43. The average Bonchev–Trinajstić information content (AvgIpc) is 2.90. The standard InChI is InChI=1S/C15H14BrFN4/c1-9-5-11(6-10(2)13(9)17)7-19-14-15-18-3-4-21(15)8-12(16)20-14/h3-6,8H,7H2,1-2H3,(H,19,20). The first-order valence-electron chi connectivity index (χ1n) is 6.53. The largest absolute Gasteiger partial charge is 0.363 e. The first kappa shape index (κ1) is 14.0. The molecule has 1 N–H and O–H groups in total. The zero-order chi connectivity index (χ0) is 15.0. The molecular formula is C15H14BrFN4. The van der Waals surface area contributed by atoms with Crippen LogP contribution in [0.2, 0.25) is 0 Å². The SMILES string of the molecule is Cc1cc(CNc2nc(Br)cn3ccnc23)cc(C)c1F. The molecule has 0 bridgehead atoms. The number of aryl methyl sites for hydroxylation is 2. The van der Waals surface area contributed by atoms with E-state index in [1.165, 1.54) is 0 Å². The molecule has 0 spiro atoms. The number of fused-ring (bicyclic) bond motifs is 1. The Morgan fingerprint density at radius 3 is 2.71 bits per heavy atom. The number of imidazole rings is 1. The minimum absolute atomic E-state index is 0.144. The van der Waals surface area contributed by atoms with Crippen LogP contribution in [0.25, 0.3) is 5.65 Å². The molecule has 3 rings (SSSR count). The predicted molar refractivity (Wildman–Crippen MR) is 83.9 cm³/mol. The molecule has 0 aliphatic rings. The van der Waals surface area contributed by atoms with Gasteiger partial charge >= 0.3 is 0 Å². The van der Waals surface area contributed by atoms with E-state index in [0.29, 0.717) is 23.5 Å². The Labute approximate surface area is 130 Å². The Bertz CT molecular complexity index is 790. The Hall–Kier alpha value is -1.95. The lowest BCUT2D eigenvalue weighted by Gasteiger charge is -2.10. The number of halogens is 2. The van der Waals surface area contributed by atoms with Crippen LogP contribution >= 0.6 is 15.9 Å². The zero-order valence-corrected chi connectivity index (χ0v) is 13.3. The summed E-state index contributed by atoms with van der Waals surface area (Å²) in [6.45, 7) is 4.11. The van der Waals surface area contributed by atoms with Gasteiger partial charge in [-0.3, -0.25) is 0 Å². The molecular weight excluding hydrogens is 335 g/mol. The summed E-state index contributed by atoms with van der Waals surface area (Å²) in [6, 6.07) is 3.69. The number of anilines is 1. The van der Waals surface area contributed by atoms with Crippen molar-refractivity contribution in [2.45, 2.75) is 20.4 Å². The predicted octanol–water partition coefficient (Wildman–Crippen LogP) is 3.86. The highest BCUT2D eigenvalue weighted by atomic mass is 79.9. The lowest BCUT2D eigenvalue weighted by molar-refractivity contribution is 0.608. The van der Waals surface area contributed by atoms with Gasteiger partial charge in [0.05, 0.1) is 0 Å². The maximum Gasteiger partial charge on any atom is 0.180 e. The van der Waals surface area contributed by atoms with Gasteiger partial charge in [0.25, 0.3) is 0 Å². The summed E-state index contributed by atoms with van der Waals surface area (Å²) >= 11 is 3.38. The molecule has 0 fully saturated rings. The van der Waals surface area contributed by atoms with Crippen molar-refractivity contribution in [1.29, 1.82) is 0 Å². The van der Waals surface area contributed by atoms with Gasteiger partial charge in [-0.05, 0) is 46.5 Å². The van der Waals surface area contributed by atoms with Crippen LogP contribution in [-0.4, -0.2) is 14.4 Å². The Kier molecular flexibility index (Phi) is 3.63. The van der Waals surface area contributed by atoms with Gasteiger partial charge in [-0.25, -0.2) is 14.4 Å². The van der Waals surface area contributed by atoms with E-state index in [1.54, 1.807) is 20.0 Å². The third-order valence-electron chi connectivity index (χ3n) is 3.30. The average molecular weight is 349 g/mol. The zero-order valence-electron chi connectivity index (χ0n) is 11.7. The highest BCUT2D eigenvalue weighted by Crippen LogP contribution is 2.19. The quantitative estimate of drug-likeness (QED) is 0.781. The van der Waals surface area contributed by atoms with Crippen LogP contribution in [0.5, 0.6) is 0 Å². The van der Waals surface area contributed by atoms with Crippen molar-refractivity contribution in [2.24, 2.45) is 0 Å². The first-order chi connectivity index (χ1) is 10.0. The molecule has 1 aromatic carbocycles. The minimum Gasteiger partial charge on any atom is -0.363 e.